The molecule has 1 amide bonds. The maximum absolute atomic E-state index is 11.8. The van der Waals surface area contributed by atoms with Crippen LogP contribution in [0.25, 0.3) is 0 Å². The number of anilines is 1. The zero-order valence-corrected chi connectivity index (χ0v) is 12.6. The summed E-state index contributed by atoms with van der Waals surface area (Å²) in [6.45, 7) is 1.71. The van der Waals surface area contributed by atoms with Crippen molar-refractivity contribution < 1.29 is 4.79 Å². The molecular weight excluding hydrogens is 286 g/mol. The number of nitrogens with one attached hydrogen (secondary N) is 1. The van der Waals surface area contributed by atoms with Crippen LogP contribution in [-0.4, -0.2) is 25.0 Å². The van der Waals surface area contributed by atoms with E-state index < -0.39 is 0 Å². The number of carbonyl (C=O) groups is 1. The largest absolute Gasteiger partial charge is 0.370 e. The van der Waals surface area contributed by atoms with Crippen molar-refractivity contribution in [2.24, 2.45) is 5.92 Å². The second kappa shape index (κ2) is 5.95. The first-order valence-corrected chi connectivity index (χ1v) is 7.80. The van der Waals surface area contributed by atoms with Gasteiger partial charge in [-0.3, -0.25) is 4.79 Å². The van der Waals surface area contributed by atoms with Crippen molar-refractivity contribution in [3.63, 3.8) is 0 Å². The second-order valence-electron chi connectivity index (χ2n) is 5.82. The average molecular weight is 304 g/mol. The van der Waals surface area contributed by atoms with Gasteiger partial charge in [-0.05, 0) is 43.9 Å². The molecule has 1 N–H and O–H groups in total. The number of amides is 1. The Labute approximate surface area is 129 Å². The number of nitriles is 1. The van der Waals surface area contributed by atoms with Gasteiger partial charge in [0.05, 0.1) is 11.3 Å². The van der Waals surface area contributed by atoms with Crippen molar-refractivity contribution in [3.8, 4) is 6.07 Å². The molecular formula is C16H18ClN3O. The summed E-state index contributed by atoms with van der Waals surface area (Å²) in [5.74, 6) is 0.488. The minimum Gasteiger partial charge on any atom is -0.370 e. The van der Waals surface area contributed by atoms with Crippen molar-refractivity contribution in [2.75, 3.05) is 18.0 Å². The molecule has 0 aromatic heterocycles. The molecule has 1 aliphatic carbocycles. The molecule has 1 aliphatic heterocycles. The van der Waals surface area contributed by atoms with Crippen LogP contribution < -0.4 is 10.2 Å². The van der Waals surface area contributed by atoms with E-state index in [4.69, 9.17) is 11.6 Å². The van der Waals surface area contributed by atoms with E-state index in [9.17, 15) is 10.1 Å². The third kappa shape index (κ3) is 3.30. The Hall–Kier alpha value is -1.73. The number of hydrogen-bond donors (Lipinski definition) is 1. The molecule has 1 heterocycles. The van der Waals surface area contributed by atoms with Gasteiger partial charge in [-0.15, -0.1) is 0 Å². The third-order valence-electron chi connectivity index (χ3n) is 4.21. The average Bonchev–Trinajstić information content (AvgIpc) is 3.33. The predicted molar refractivity (Wildman–Crippen MR) is 82.3 cm³/mol. The van der Waals surface area contributed by atoms with Gasteiger partial charge in [0.15, 0.2) is 0 Å². The highest BCUT2D eigenvalue weighted by Gasteiger charge is 2.31. The molecule has 1 saturated carbocycles. The van der Waals surface area contributed by atoms with Gasteiger partial charge < -0.3 is 10.2 Å². The lowest BCUT2D eigenvalue weighted by Crippen LogP contribution is -2.45. The molecule has 2 fully saturated rings. The fourth-order valence-corrected chi connectivity index (χ4v) is 2.97. The van der Waals surface area contributed by atoms with Crippen LogP contribution in [0.1, 0.15) is 31.2 Å². The SMILES string of the molecule is N#Cc1cc(Cl)ccc1N1CCC(NC(=O)C2CC2)CC1. The van der Waals surface area contributed by atoms with Gasteiger partial charge in [0, 0.05) is 30.1 Å². The van der Waals surface area contributed by atoms with Gasteiger partial charge in [-0.25, -0.2) is 0 Å². The smallest absolute Gasteiger partial charge is 0.223 e. The van der Waals surface area contributed by atoms with Crippen LogP contribution in [0.3, 0.4) is 0 Å². The van der Waals surface area contributed by atoms with Crippen molar-refractivity contribution >= 4 is 23.2 Å². The first kappa shape index (κ1) is 14.2. The van der Waals surface area contributed by atoms with Gasteiger partial charge in [-0.1, -0.05) is 11.6 Å². The molecule has 0 radical (unpaired) electrons. The predicted octanol–water partition coefficient (Wildman–Crippen LogP) is 2.71. The van der Waals surface area contributed by atoms with E-state index >= 15 is 0 Å². The fourth-order valence-electron chi connectivity index (χ4n) is 2.80. The zero-order chi connectivity index (χ0) is 14.8. The van der Waals surface area contributed by atoms with Crippen LogP contribution in [0.2, 0.25) is 5.02 Å². The minimum absolute atomic E-state index is 0.220. The van der Waals surface area contributed by atoms with E-state index in [1.807, 2.05) is 12.1 Å². The summed E-state index contributed by atoms with van der Waals surface area (Å²) < 4.78 is 0. The monoisotopic (exact) mass is 303 g/mol. The van der Waals surface area contributed by atoms with Crippen molar-refractivity contribution in [1.82, 2.24) is 5.32 Å². The number of benzene rings is 1. The van der Waals surface area contributed by atoms with E-state index in [1.165, 1.54) is 0 Å². The standard InChI is InChI=1S/C16H18ClN3O/c17-13-3-4-15(12(9-13)10-18)20-7-5-14(6-8-20)19-16(21)11-1-2-11/h3-4,9,11,14H,1-2,5-8H2,(H,19,21). The van der Waals surface area contributed by atoms with Crippen LogP contribution in [-0.2, 0) is 4.79 Å². The molecule has 0 atom stereocenters. The molecule has 0 spiro atoms. The molecule has 0 bridgehead atoms. The van der Waals surface area contributed by atoms with Crippen LogP contribution in [0.5, 0.6) is 0 Å². The number of piperidine rings is 1. The van der Waals surface area contributed by atoms with Crippen LogP contribution >= 0.6 is 11.6 Å². The molecule has 1 aromatic rings. The maximum atomic E-state index is 11.8. The Morgan fingerprint density at radius 2 is 2.00 bits per heavy atom. The molecule has 21 heavy (non-hydrogen) atoms. The van der Waals surface area contributed by atoms with E-state index in [1.54, 1.807) is 6.07 Å². The summed E-state index contributed by atoms with van der Waals surface area (Å²) in [4.78, 5) is 14.0. The number of rotatable bonds is 3. The topological polar surface area (TPSA) is 56.1 Å². The number of carbonyl (C=O) groups excluding carboxylic acids is 1. The first-order valence-electron chi connectivity index (χ1n) is 7.42. The van der Waals surface area contributed by atoms with Crippen LogP contribution in [0, 0.1) is 17.2 Å². The van der Waals surface area contributed by atoms with Gasteiger partial charge >= 0.3 is 0 Å². The lowest BCUT2D eigenvalue weighted by atomic mass is 10.0. The van der Waals surface area contributed by atoms with E-state index in [-0.39, 0.29) is 17.9 Å². The molecule has 1 aromatic carbocycles. The Balaban J connectivity index is 1.60. The fraction of sp³-hybridized carbons (Fsp3) is 0.500. The normalized spacial score (nSPS) is 19.1. The van der Waals surface area contributed by atoms with E-state index in [0.717, 1.165) is 44.5 Å². The summed E-state index contributed by atoms with van der Waals surface area (Å²) in [5, 5.41) is 12.9. The Morgan fingerprint density at radius 1 is 1.29 bits per heavy atom. The molecule has 1 saturated heterocycles. The molecule has 5 heteroatoms. The van der Waals surface area contributed by atoms with Crippen LogP contribution in [0.4, 0.5) is 5.69 Å². The molecule has 0 unspecified atom stereocenters. The second-order valence-corrected chi connectivity index (χ2v) is 6.25. The Morgan fingerprint density at radius 3 is 2.62 bits per heavy atom. The summed E-state index contributed by atoms with van der Waals surface area (Å²) in [7, 11) is 0. The Kier molecular flexibility index (Phi) is 4.03. The first-order chi connectivity index (χ1) is 10.2. The molecule has 4 nitrogen and oxygen atoms in total. The lowest BCUT2D eigenvalue weighted by molar-refractivity contribution is -0.123. The zero-order valence-electron chi connectivity index (χ0n) is 11.8. The Bertz CT molecular complexity index is 584. The number of nitrogens with zero attached hydrogens (tertiary/aromatic N) is 2. The number of hydrogen-bond acceptors (Lipinski definition) is 3. The highest BCUT2D eigenvalue weighted by Crippen LogP contribution is 2.30. The van der Waals surface area contributed by atoms with Crippen molar-refractivity contribution in [3.05, 3.63) is 28.8 Å². The van der Waals surface area contributed by atoms with Gasteiger partial charge in [-0.2, -0.15) is 5.26 Å². The van der Waals surface area contributed by atoms with E-state index in [2.05, 4.69) is 16.3 Å². The summed E-state index contributed by atoms with van der Waals surface area (Å²) in [6.07, 6.45) is 3.93. The van der Waals surface area contributed by atoms with Gasteiger partial charge in [0.25, 0.3) is 0 Å². The highest BCUT2D eigenvalue weighted by atomic mass is 35.5. The molecule has 110 valence electrons. The summed E-state index contributed by atoms with van der Waals surface area (Å²) in [5.41, 5.74) is 1.55. The van der Waals surface area contributed by atoms with Gasteiger partial charge in [0.2, 0.25) is 5.91 Å². The number of halogens is 1. The highest BCUT2D eigenvalue weighted by molar-refractivity contribution is 6.30. The lowest BCUT2D eigenvalue weighted by Gasteiger charge is -2.34. The molecule has 3 rings (SSSR count). The molecule has 2 aliphatic rings. The summed E-state index contributed by atoms with van der Waals surface area (Å²) >= 11 is 5.93. The summed E-state index contributed by atoms with van der Waals surface area (Å²) in [6, 6.07) is 7.91. The van der Waals surface area contributed by atoms with Crippen molar-refractivity contribution in [2.45, 2.75) is 31.7 Å². The maximum Gasteiger partial charge on any atom is 0.223 e. The van der Waals surface area contributed by atoms with Crippen molar-refractivity contribution in [1.29, 1.82) is 5.26 Å². The quantitative estimate of drug-likeness (QED) is 0.934. The van der Waals surface area contributed by atoms with Crippen LogP contribution in [0.15, 0.2) is 18.2 Å². The minimum atomic E-state index is 0.220. The van der Waals surface area contributed by atoms with Gasteiger partial charge in [0.1, 0.15) is 6.07 Å². The third-order valence-corrected chi connectivity index (χ3v) is 4.44. The van der Waals surface area contributed by atoms with E-state index in [0.29, 0.717) is 10.6 Å².